The van der Waals surface area contributed by atoms with Gasteiger partial charge in [0.15, 0.2) is 0 Å². The molecule has 0 aliphatic heterocycles. The monoisotopic (exact) mass is 284 g/mol. The number of aryl methyl sites for hydroxylation is 1. The van der Waals surface area contributed by atoms with Gasteiger partial charge in [-0.3, -0.25) is 0 Å². The number of hydrogen-bond donors (Lipinski definition) is 1. The van der Waals surface area contributed by atoms with Crippen molar-refractivity contribution in [2.75, 3.05) is 0 Å². The van der Waals surface area contributed by atoms with Gasteiger partial charge < -0.3 is 5.11 Å². The van der Waals surface area contributed by atoms with Crippen LogP contribution in [0, 0.1) is 12.7 Å². The summed E-state index contributed by atoms with van der Waals surface area (Å²) in [5.74, 6) is -0.357. The molecular formula is C14H11Cl2FO. The zero-order valence-electron chi connectivity index (χ0n) is 9.62. The van der Waals surface area contributed by atoms with Crippen molar-refractivity contribution in [3.63, 3.8) is 0 Å². The first-order valence-corrected chi connectivity index (χ1v) is 6.14. The summed E-state index contributed by atoms with van der Waals surface area (Å²) >= 11 is 11.9. The largest absolute Gasteiger partial charge is 0.384 e. The maximum Gasteiger partial charge on any atom is 0.126 e. The van der Waals surface area contributed by atoms with E-state index in [0.29, 0.717) is 21.7 Å². The molecule has 2 aromatic rings. The van der Waals surface area contributed by atoms with Gasteiger partial charge in [0.1, 0.15) is 11.9 Å². The van der Waals surface area contributed by atoms with Crippen LogP contribution in [-0.2, 0) is 0 Å². The molecule has 2 aromatic carbocycles. The van der Waals surface area contributed by atoms with Crippen LogP contribution in [0.4, 0.5) is 4.39 Å². The average Bonchev–Trinajstić information content (AvgIpc) is 2.35. The first-order chi connectivity index (χ1) is 8.50. The highest BCUT2D eigenvalue weighted by Crippen LogP contribution is 2.33. The molecule has 0 spiro atoms. The van der Waals surface area contributed by atoms with Crippen LogP contribution in [0.5, 0.6) is 0 Å². The fraction of sp³-hybridized carbons (Fsp3) is 0.143. The summed E-state index contributed by atoms with van der Waals surface area (Å²) < 4.78 is 13.5. The smallest absolute Gasteiger partial charge is 0.126 e. The molecule has 2 rings (SSSR count). The molecule has 94 valence electrons. The lowest BCUT2D eigenvalue weighted by molar-refractivity contribution is 0.220. The third kappa shape index (κ3) is 2.51. The molecule has 0 saturated carbocycles. The lowest BCUT2D eigenvalue weighted by atomic mass is 10.0. The maximum absolute atomic E-state index is 13.5. The third-order valence-corrected chi connectivity index (χ3v) is 3.62. The lowest BCUT2D eigenvalue weighted by Crippen LogP contribution is -2.01. The normalized spacial score (nSPS) is 12.5. The molecule has 18 heavy (non-hydrogen) atoms. The van der Waals surface area contributed by atoms with Crippen molar-refractivity contribution >= 4 is 23.2 Å². The highest BCUT2D eigenvalue weighted by Gasteiger charge is 2.16. The predicted octanol–water partition coefficient (Wildman–Crippen LogP) is 4.52. The minimum Gasteiger partial charge on any atom is -0.384 e. The summed E-state index contributed by atoms with van der Waals surface area (Å²) in [6.45, 7) is 1.66. The molecule has 0 saturated heterocycles. The van der Waals surface area contributed by atoms with Crippen LogP contribution in [0.25, 0.3) is 0 Å². The molecule has 1 atom stereocenters. The third-order valence-electron chi connectivity index (χ3n) is 2.79. The molecule has 0 aromatic heterocycles. The number of halogens is 3. The molecule has 0 heterocycles. The summed E-state index contributed by atoms with van der Waals surface area (Å²) in [5, 5.41) is 10.8. The van der Waals surface area contributed by atoms with Gasteiger partial charge in [-0.05, 0) is 30.2 Å². The standard InChI is InChI=1S/C14H11Cl2FO/c1-8-5-6-9(7-12(8)17)14(18)10-3-2-4-11(15)13(10)16/h2-7,14,18H,1H3. The molecule has 0 aliphatic rings. The quantitative estimate of drug-likeness (QED) is 0.860. The van der Waals surface area contributed by atoms with Crippen LogP contribution in [-0.4, -0.2) is 5.11 Å². The van der Waals surface area contributed by atoms with E-state index in [9.17, 15) is 9.50 Å². The van der Waals surface area contributed by atoms with E-state index in [0.717, 1.165) is 0 Å². The van der Waals surface area contributed by atoms with E-state index in [1.807, 2.05) is 0 Å². The SMILES string of the molecule is Cc1ccc(C(O)c2cccc(Cl)c2Cl)cc1F. The van der Waals surface area contributed by atoms with Crippen LogP contribution < -0.4 is 0 Å². The second kappa shape index (κ2) is 5.27. The fourth-order valence-electron chi connectivity index (χ4n) is 1.69. The van der Waals surface area contributed by atoms with Gasteiger partial charge in [-0.1, -0.05) is 47.5 Å². The van der Waals surface area contributed by atoms with E-state index >= 15 is 0 Å². The molecule has 0 aliphatic carbocycles. The minimum absolute atomic E-state index is 0.285. The van der Waals surface area contributed by atoms with Gasteiger partial charge in [-0.25, -0.2) is 4.39 Å². The first-order valence-electron chi connectivity index (χ1n) is 5.38. The van der Waals surface area contributed by atoms with Crippen LogP contribution >= 0.6 is 23.2 Å². The second-order valence-electron chi connectivity index (χ2n) is 4.05. The number of hydrogen-bond acceptors (Lipinski definition) is 1. The van der Waals surface area contributed by atoms with Gasteiger partial charge in [-0.15, -0.1) is 0 Å². The van der Waals surface area contributed by atoms with Crippen LogP contribution in [0.2, 0.25) is 10.0 Å². The van der Waals surface area contributed by atoms with E-state index in [1.165, 1.54) is 6.07 Å². The van der Waals surface area contributed by atoms with Gasteiger partial charge >= 0.3 is 0 Å². The van der Waals surface area contributed by atoms with E-state index in [2.05, 4.69) is 0 Å². The Hall–Kier alpha value is -1.09. The Morgan fingerprint density at radius 2 is 1.89 bits per heavy atom. The summed E-state index contributed by atoms with van der Waals surface area (Å²) in [6, 6.07) is 9.58. The molecule has 0 amide bonds. The zero-order chi connectivity index (χ0) is 13.3. The maximum atomic E-state index is 13.5. The van der Waals surface area contributed by atoms with Crippen molar-refractivity contribution in [3.8, 4) is 0 Å². The van der Waals surface area contributed by atoms with Crippen LogP contribution in [0.15, 0.2) is 36.4 Å². The van der Waals surface area contributed by atoms with E-state index < -0.39 is 6.10 Å². The van der Waals surface area contributed by atoms with Crippen LogP contribution in [0.3, 0.4) is 0 Å². The van der Waals surface area contributed by atoms with Gasteiger partial charge in [0.25, 0.3) is 0 Å². The van der Waals surface area contributed by atoms with Crippen molar-refractivity contribution in [2.45, 2.75) is 13.0 Å². The molecule has 4 heteroatoms. The van der Waals surface area contributed by atoms with E-state index in [1.54, 1.807) is 37.3 Å². The van der Waals surface area contributed by atoms with Gasteiger partial charge in [0.05, 0.1) is 10.0 Å². The Kier molecular flexibility index (Phi) is 3.91. The highest BCUT2D eigenvalue weighted by atomic mass is 35.5. The summed E-state index contributed by atoms with van der Waals surface area (Å²) in [7, 11) is 0. The number of aliphatic hydroxyl groups excluding tert-OH is 1. The second-order valence-corrected chi connectivity index (χ2v) is 4.84. The average molecular weight is 285 g/mol. The Balaban J connectivity index is 2.44. The molecular weight excluding hydrogens is 274 g/mol. The van der Waals surface area contributed by atoms with Gasteiger partial charge in [-0.2, -0.15) is 0 Å². The van der Waals surface area contributed by atoms with Gasteiger partial charge in [0.2, 0.25) is 0 Å². The van der Waals surface area contributed by atoms with E-state index in [4.69, 9.17) is 23.2 Å². The Morgan fingerprint density at radius 1 is 1.17 bits per heavy atom. The van der Waals surface area contributed by atoms with Gasteiger partial charge in [0, 0.05) is 5.56 Å². The summed E-state index contributed by atoms with van der Waals surface area (Å²) in [5.41, 5.74) is 1.44. The molecule has 1 nitrogen and oxygen atoms in total. The predicted molar refractivity (Wildman–Crippen MR) is 71.7 cm³/mol. The Labute approximate surface area is 115 Å². The fourth-order valence-corrected chi connectivity index (χ4v) is 2.10. The summed E-state index contributed by atoms with van der Waals surface area (Å²) in [4.78, 5) is 0. The minimum atomic E-state index is -0.994. The topological polar surface area (TPSA) is 20.2 Å². The molecule has 0 fully saturated rings. The van der Waals surface area contributed by atoms with Crippen molar-refractivity contribution in [3.05, 3.63) is 69.0 Å². The Morgan fingerprint density at radius 3 is 2.56 bits per heavy atom. The number of rotatable bonds is 2. The van der Waals surface area contributed by atoms with Crippen molar-refractivity contribution < 1.29 is 9.50 Å². The first kappa shape index (κ1) is 13.3. The molecule has 1 N–H and O–H groups in total. The molecule has 1 unspecified atom stereocenters. The zero-order valence-corrected chi connectivity index (χ0v) is 11.1. The Bertz CT molecular complexity index is 584. The number of aliphatic hydroxyl groups is 1. The highest BCUT2D eigenvalue weighted by molar-refractivity contribution is 6.42. The van der Waals surface area contributed by atoms with Crippen molar-refractivity contribution in [1.82, 2.24) is 0 Å². The van der Waals surface area contributed by atoms with E-state index in [-0.39, 0.29) is 10.8 Å². The lowest BCUT2D eigenvalue weighted by Gasteiger charge is -2.14. The van der Waals surface area contributed by atoms with Crippen LogP contribution in [0.1, 0.15) is 22.8 Å². The summed E-state index contributed by atoms with van der Waals surface area (Å²) in [6.07, 6.45) is -0.994. The van der Waals surface area contributed by atoms with Crippen molar-refractivity contribution in [2.24, 2.45) is 0 Å². The molecule has 0 bridgehead atoms. The van der Waals surface area contributed by atoms with Crippen molar-refractivity contribution in [1.29, 1.82) is 0 Å². The molecule has 0 radical (unpaired) electrons. The number of benzene rings is 2.